The Kier molecular flexibility index (Phi) is 5.13. The Hall–Kier alpha value is -3.40. The Morgan fingerprint density at radius 1 is 0.692 bits per heavy atom. The van der Waals surface area contributed by atoms with E-state index in [1.807, 2.05) is 60.7 Å². The van der Waals surface area contributed by atoms with Crippen LogP contribution in [0, 0.1) is 0 Å². The predicted molar refractivity (Wildman–Crippen MR) is 98.8 cm³/mol. The van der Waals surface area contributed by atoms with Crippen LogP contribution in [0.4, 0.5) is 0 Å². The van der Waals surface area contributed by atoms with Crippen LogP contribution in [-0.2, 0) is 6.42 Å². The molecule has 0 aliphatic carbocycles. The van der Waals surface area contributed by atoms with Gasteiger partial charge in [0.2, 0.25) is 0 Å². The van der Waals surface area contributed by atoms with Crippen molar-refractivity contribution in [1.82, 2.24) is 0 Å². The Morgan fingerprint density at radius 3 is 1.65 bits per heavy atom. The van der Waals surface area contributed by atoms with Crippen molar-refractivity contribution in [2.75, 3.05) is 0 Å². The van der Waals surface area contributed by atoms with Crippen molar-refractivity contribution in [2.45, 2.75) is 12.3 Å². The lowest BCUT2D eigenvalue weighted by Gasteiger charge is -2.19. The van der Waals surface area contributed by atoms with Crippen molar-refractivity contribution < 1.29 is 19.8 Å². The summed E-state index contributed by atoms with van der Waals surface area (Å²) in [4.78, 5) is 22.7. The van der Waals surface area contributed by atoms with Gasteiger partial charge in [0.25, 0.3) is 0 Å². The molecule has 0 aromatic heterocycles. The zero-order chi connectivity index (χ0) is 18.5. The summed E-state index contributed by atoms with van der Waals surface area (Å²) in [5.74, 6) is -2.42. The molecular formula is C22H18O4. The molecule has 0 spiro atoms. The zero-order valence-corrected chi connectivity index (χ0v) is 14.0. The fraction of sp³-hybridized carbons (Fsp3) is 0.0909. The van der Waals surface area contributed by atoms with E-state index in [2.05, 4.69) is 0 Å². The molecule has 0 bridgehead atoms. The van der Waals surface area contributed by atoms with Crippen LogP contribution in [0.3, 0.4) is 0 Å². The van der Waals surface area contributed by atoms with Gasteiger partial charge < -0.3 is 10.2 Å². The van der Waals surface area contributed by atoms with Crippen molar-refractivity contribution in [3.63, 3.8) is 0 Å². The molecule has 0 atom stereocenters. The summed E-state index contributed by atoms with van der Waals surface area (Å²) >= 11 is 0. The quantitative estimate of drug-likeness (QED) is 0.691. The van der Waals surface area contributed by atoms with Gasteiger partial charge in [-0.15, -0.1) is 0 Å². The fourth-order valence-corrected chi connectivity index (χ4v) is 3.12. The summed E-state index contributed by atoms with van der Waals surface area (Å²) < 4.78 is 0. The lowest BCUT2D eigenvalue weighted by atomic mass is 9.85. The average Bonchev–Trinajstić information content (AvgIpc) is 2.67. The first-order valence-electron chi connectivity index (χ1n) is 8.25. The van der Waals surface area contributed by atoms with E-state index in [4.69, 9.17) is 0 Å². The summed E-state index contributed by atoms with van der Waals surface area (Å²) in [6, 6.07) is 24.5. The fourth-order valence-electron chi connectivity index (χ4n) is 3.12. The molecule has 4 heteroatoms. The van der Waals surface area contributed by atoms with Crippen LogP contribution in [0.25, 0.3) is 0 Å². The van der Waals surface area contributed by atoms with Gasteiger partial charge in [0.15, 0.2) is 0 Å². The van der Waals surface area contributed by atoms with Crippen LogP contribution in [-0.4, -0.2) is 22.2 Å². The molecule has 3 rings (SSSR count). The molecule has 0 radical (unpaired) electrons. The molecule has 0 fully saturated rings. The number of hydrogen-bond acceptors (Lipinski definition) is 2. The molecule has 0 aliphatic rings. The lowest BCUT2D eigenvalue weighted by molar-refractivity contribution is 0.0651. The average molecular weight is 346 g/mol. The smallest absolute Gasteiger partial charge is 0.336 e. The maximum absolute atomic E-state index is 11.4. The van der Waals surface area contributed by atoms with Gasteiger partial charge in [-0.2, -0.15) is 0 Å². The van der Waals surface area contributed by atoms with Gasteiger partial charge in [0.1, 0.15) is 0 Å². The molecule has 0 heterocycles. The molecule has 0 unspecified atom stereocenters. The van der Waals surface area contributed by atoms with E-state index in [1.54, 1.807) is 6.07 Å². The first-order chi connectivity index (χ1) is 12.6. The van der Waals surface area contributed by atoms with E-state index in [0.29, 0.717) is 6.42 Å². The van der Waals surface area contributed by atoms with Crippen LogP contribution in [0.2, 0.25) is 0 Å². The number of benzene rings is 3. The summed E-state index contributed by atoms with van der Waals surface area (Å²) in [6.07, 6.45) is 0.578. The zero-order valence-electron chi connectivity index (χ0n) is 14.0. The first-order valence-corrected chi connectivity index (χ1v) is 8.25. The molecule has 2 N–H and O–H groups in total. The van der Waals surface area contributed by atoms with Gasteiger partial charge in [0.05, 0.1) is 11.1 Å². The number of carboxylic acids is 2. The number of aromatic carboxylic acids is 2. The minimum atomic E-state index is -1.24. The molecule has 3 aromatic carbocycles. The molecule has 0 aliphatic heterocycles. The van der Waals surface area contributed by atoms with Crippen LogP contribution in [0.15, 0.2) is 78.9 Å². The second kappa shape index (κ2) is 7.66. The molecule has 0 saturated carbocycles. The third-order valence-corrected chi connectivity index (χ3v) is 4.39. The Morgan fingerprint density at radius 2 is 1.19 bits per heavy atom. The van der Waals surface area contributed by atoms with Crippen LogP contribution in [0.1, 0.15) is 43.3 Å². The Balaban J connectivity index is 2.01. The van der Waals surface area contributed by atoms with Gasteiger partial charge in [-0.1, -0.05) is 66.7 Å². The maximum atomic E-state index is 11.4. The summed E-state index contributed by atoms with van der Waals surface area (Å²) in [7, 11) is 0. The minimum absolute atomic E-state index is 0.0507. The molecule has 4 nitrogen and oxygen atoms in total. The minimum Gasteiger partial charge on any atom is -0.478 e. The molecule has 0 amide bonds. The third-order valence-electron chi connectivity index (χ3n) is 4.39. The Bertz CT molecular complexity index is 878. The summed E-state index contributed by atoms with van der Waals surface area (Å²) in [5.41, 5.74) is 2.65. The van der Waals surface area contributed by atoms with E-state index in [9.17, 15) is 19.8 Å². The van der Waals surface area contributed by atoms with Crippen molar-refractivity contribution in [3.05, 3.63) is 107 Å². The van der Waals surface area contributed by atoms with Crippen LogP contribution in [0.5, 0.6) is 0 Å². The monoisotopic (exact) mass is 346 g/mol. The molecule has 130 valence electrons. The number of hydrogen-bond donors (Lipinski definition) is 2. The predicted octanol–water partition coefficient (Wildman–Crippen LogP) is 4.46. The molecule has 3 aromatic rings. The van der Waals surface area contributed by atoms with Gasteiger partial charge in [-0.3, -0.25) is 0 Å². The molecule has 26 heavy (non-hydrogen) atoms. The second-order valence-electron chi connectivity index (χ2n) is 6.07. The van der Waals surface area contributed by atoms with E-state index in [-0.39, 0.29) is 17.0 Å². The van der Waals surface area contributed by atoms with E-state index in [0.717, 1.165) is 16.7 Å². The second-order valence-corrected chi connectivity index (χ2v) is 6.07. The van der Waals surface area contributed by atoms with Crippen LogP contribution < -0.4 is 0 Å². The highest BCUT2D eigenvalue weighted by Gasteiger charge is 2.19. The summed E-state index contributed by atoms with van der Waals surface area (Å²) in [5, 5.41) is 18.5. The Labute approximate surface area is 151 Å². The van der Waals surface area contributed by atoms with E-state index in [1.165, 1.54) is 12.1 Å². The van der Waals surface area contributed by atoms with Gasteiger partial charge >= 0.3 is 11.9 Å². The van der Waals surface area contributed by atoms with E-state index < -0.39 is 11.9 Å². The largest absolute Gasteiger partial charge is 0.478 e. The summed E-state index contributed by atoms with van der Waals surface area (Å²) in [6.45, 7) is 0. The SMILES string of the molecule is O=C(O)c1ccc(CC(c2ccccc2)c2ccccc2)cc1C(=O)O. The number of carbonyl (C=O) groups is 2. The topological polar surface area (TPSA) is 74.6 Å². The normalized spacial score (nSPS) is 10.7. The molecular weight excluding hydrogens is 328 g/mol. The highest BCUT2D eigenvalue weighted by atomic mass is 16.4. The number of carboxylic acid groups (broad SMARTS) is 2. The molecule has 0 saturated heterocycles. The highest BCUT2D eigenvalue weighted by Crippen LogP contribution is 2.29. The first kappa shape index (κ1) is 17.4. The van der Waals surface area contributed by atoms with Crippen molar-refractivity contribution >= 4 is 11.9 Å². The van der Waals surface area contributed by atoms with Crippen molar-refractivity contribution in [2.24, 2.45) is 0 Å². The highest BCUT2D eigenvalue weighted by molar-refractivity contribution is 6.01. The van der Waals surface area contributed by atoms with Crippen LogP contribution >= 0.6 is 0 Å². The lowest BCUT2D eigenvalue weighted by Crippen LogP contribution is -2.10. The number of rotatable bonds is 6. The van der Waals surface area contributed by atoms with Gasteiger partial charge in [-0.25, -0.2) is 9.59 Å². The maximum Gasteiger partial charge on any atom is 0.336 e. The van der Waals surface area contributed by atoms with Gasteiger partial charge in [0, 0.05) is 5.92 Å². The van der Waals surface area contributed by atoms with Crippen molar-refractivity contribution in [3.8, 4) is 0 Å². The van der Waals surface area contributed by atoms with Gasteiger partial charge in [-0.05, 0) is 35.2 Å². The standard InChI is InChI=1S/C22H18O4/c23-21(24)18-12-11-15(14-20(18)22(25)26)13-19(16-7-3-1-4-8-16)17-9-5-2-6-10-17/h1-12,14,19H,13H2,(H,23,24)(H,25,26). The third kappa shape index (κ3) is 3.81. The van der Waals surface area contributed by atoms with Crippen molar-refractivity contribution in [1.29, 1.82) is 0 Å². The van der Waals surface area contributed by atoms with E-state index >= 15 is 0 Å².